The Bertz CT molecular complexity index is 1590. The number of nitrogens with one attached hydrogen (secondary N) is 1. The largest absolute Gasteiger partial charge is 0.506 e. The molecule has 10 nitrogen and oxygen atoms in total. The first kappa shape index (κ1) is 23.6. The minimum absolute atomic E-state index is 0.0861. The van der Waals surface area contributed by atoms with Gasteiger partial charge in [0.25, 0.3) is 11.5 Å². The van der Waals surface area contributed by atoms with Gasteiger partial charge in [-0.15, -0.1) is 0 Å². The molecule has 4 N–H and O–H groups in total. The minimum atomic E-state index is -0.868. The number of carbonyl (C=O) groups excluding carboxylic acids is 2. The van der Waals surface area contributed by atoms with E-state index in [-0.39, 0.29) is 40.0 Å². The Morgan fingerprint density at radius 1 is 1.33 bits per heavy atom. The number of halogens is 1. The van der Waals surface area contributed by atoms with Crippen molar-refractivity contribution in [2.75, 3.05) is 0 Å². The van der Waals surface area contributed by atoms with E-state index >= 15 is 0 Å². The highest BCUT2D eigenvalue weighted by Gasteiger charge is 2.24. The van der Waals surface area contributed by atoms with Gasteiger partial charge in [0.2, 0.25) is 5.91 Å². The number of nitrogens with zero attached hydrogens (tertiary/aromatic N) is 4. The van der Waals surface area contributed by atoms with Gasteiger partial charge in [-0.1, -0.05) is 11.6 Å². The monoisotopic (exact) mass is 506 g/mol. The number of aryl methyl sites for hydroxylation is 2. The normalized spacial score (nSPS) is 15.0. The second-order valence-corrected chi connectivity index (χ2v) is 9.24. The summed E-state index contributed by atoms with van der Waals surface area (Å²) in [5.74, 6) is -1.55. The number of pyridine rings is 1. The number of carbonyl (C=O) groups is 2. The maximum Gasteiger partial charge on any atom is 0.263 e. The quantitative estimate of drug-likeness (QED) is 0.379. The molecular weight excluding hydrogens is 484 g/mol. The van der Waals surface area contributed by atoms with Gasteiger partial charge in [0, 0.05) is 31.2 Å². The summed E-state index contributed by atoms with van der Waals surface area (Å²) >= 11 is 6.14. The van der Waals surface area contributed by atoms with Crippen molar-refractivity contribution in [2.45, 2.75) is 31.8 Å². The van der Waals surface area contributed by atoms with E-state index in [1.54, 1.807) is 30.2 Å². The third kappa shape index (κ3) is 4.09. The molecule has 4 aromatic rings. The summed E-state index contributed by atoms with van der Waals surface area (Å²) in [5.41, 5.74) is 8.15. The van der Waals surface area contributed by atoms with Gasteiger partial charge < -0.3 is 25.3 Å². The van der Waals surface area contributed by atoms with E-state index in [1.807, 2.05) is 6.07 Å². The summed E-state index contributed by atoms with van der Waals surface area (Å²) in [5, 5.41) is 13.4. The molecule has 1 aromatic carbocycles. The summed E-state index contributed by atoms with van der Waals surface area (Å²) in [4.78, 5) is 46.6. The van der Waals surface area contributed by atoms with Crippen LogP contribution in [0.3, 0.4) is 0 Å². The van der Waals surface area contributed by atoms with Crippen LogP contribution in [0.15, 0.2) is 47.9 Å². The second-order valence-electron chi connectivity index (χ2n) is 8.84. The number of hydrogen-bond donors (Lipinski definition) is 3. The van der Waals surface area contributed by atoms with Crippen molar-refractivity contribution >= 4 is 34.4 Å². The maximum absolute atomic E-state index is 13.1. The standard InChI is InChI=1S/C25H23ClN6O4/c1-31-12-29-24-21(25(31)36)17(14-7-15(23(27)35)22(34)18(26)8-14)10-32(24)11-20(33)30-19-4-2-3-13-5-6-28-9-16(13)19/h5-10,12,19,34H,2-4,11H2,1H3,(H2,27,35)(H,30,33). The topological polar surface area (TPSA) is 145 Å². The lowest BCUT2D eigenvalue weighted by Crippen LogP contribution is -2.33. The molecule has 1 unspecified atom stereocenters. The van der Waals surface area contributed by atoms with E-state index in [9.17, 15) is 19.5 Å². The Morgan fingerprint density at radius 3 is 2.92 bits per heavy atom. The van der Waals surface area contributed by atoms with Crippen LogP contribution in [0.2, 0.25) is 5.02 Å². The molecule has 2 amide bonds. The molecule has 0 spiro atoms. The van der Waals surface area contributed by atoms with Crippen LogP contribution >= 0.6 is 11.6 Å². The fraction of sp³-hybridized carbons (Fsp3) is 0.240. The van der Waals surface area contributed by atoms with Crippen molar-refractivity contribution in [3.05, 3.63) is 75.2 Å². The highest BCUT2D eigenvalue weighted by atomic mass is 35.5. The van der Waals surface area contributed by atoms with Crippen LogP contribution in [0.5, 0.6) is 5.75 Å². The summed E-state index contributed by atoms with van der Waals surface area (Å²) in [6.45, 7) is -0.0861. The zero-order valence-electron chi connectivity index (χ0n) is 19.4. The second kappa shape index (κ2) is 9.12. The van der Waals surface area contributed by atoms with Crippen LogP contribution in [0, 0.1) is 0 Å². The molecule has 3 heterocycles. The zero-order valence-corrected chi connectivity index (χ0v) is 20.1. The number of amides is 2. The molecule has 1 atom stereocenters. The molecule has 0 saturated carbocycles. The molecule has 3 aromatic heterocycles. The van der Waals surface area contributed by atoms with Gasteiger partial charge in [-0.3, -0.25) is 19.4 Å². The molecule has 36 heavy (non-hydrogen) atoms. The number of rotatable bonds is 5. The van der Waals surface area contributed by atoms with E-state index in [1.165, 1.54) is 28.6 Å². The number of aromatic nitrogens is 4. The van der Waals surface area contributed by atoms with Crippen molar-refractivity contribution in [3.8, 4) is 16.9 Å². The number of benzene rings is 1. The van der Waals surface area contributed by atoms with Gasteiger partial charge in [0.15, 0.2) is 0 Å². The lowest BCUT2D eigenvalue weighted by Gasteiger charge is -2.26. The maximum atomic E-state index is 13.1. The van der Waals surface area contributed by atoms with Gasteiger partial charge in [0.1, 0.15) is 17.9 Å². The van der Waals surface area contributed by atoms with Gasteiger partial charge in [-0.05, 0) is 54.2 Å². The van der Waals surface area contributed by atoms with Crippen molar-refractivity contribution in [2.24, 2.45) is 12.8 Å². The highest BCUT2D eigenvalue weighted by Crippen LogP contribution is 2.36. The minimum Gasteiger partial charge on any atom is -0.506 e. The summed E-state index contributed by atoms with van der Waals surface area (Å²) in [6.07, 6.45) is 9.25. The average molecular weight is 507 g/mol. The van der Waals surface area contributed by atoms with Crippen molar-refractivity contribution in [1.29, 1.82) is 0 Å². The number of nitrogens with two attached hydrogens (primary N) is 1. The summed E-state index contributed by atoms with van der Waals surface area (Å²) in [6, 6.07) is 4.62. The van der Waals surface area contributed by atoms with E-state index in [0.29, 0.717) is 16.8 Å². The molecule has 5 rings (SSSR count). The fourth-order valence-electron chi connectivity index (χ4n) is 4.72. The highest BCUT2D eigenvalue weighted by molar-refractivity contribution is 6.33. The van der Waals surface area contributed by atoms with E-state index in [4.69, 9.17) is 17.3 Å². The predicted molar refractivity (Wildman–Crippen MR) is 134 cm³/mol. The third-order valence-corrected chi connectivity index (χ3v) is 6.78. The Kier molecular flexibility index (Phi) is 5.97. The van der Waals surface area contributed by atoms with Crippen LogP contribution in [0.1, 0.15) is 40.4 Å². The van der Waals surface area contributed by atoms with Crippen LogP contribution < -0.4 is 16.6 Å². The molecule has 184 valence electrons. The van der Waals surface area contributed by atoms with Gasteiger partial charge >= 0.3 is 0 Å². The number of phenols is 1. The Hall–Kier alpha value is -4.18. The smallest absolute Gasteiger partial charge is 0.263 e. The van der Waals surface area contributed by atoms with Crippen molar-refractivity contribution < 1.29 is 14.7 Å². The van der Waals surface area contributed by atoms with Crippen molar-refractivity contribution in [1.82, 2.24) is 24.4 Å². The number of aromatic hydroxyl groups is 1. The Morgan fingerprint density at radius 2 is 2.14 bits per heavy atom. The van der Waals surface area contributed by atoms with E-state index in [2.05, 4.69) is 15.3 Å². The predicted octanol–water partition coefficient (Wildman–Crippen LogP) is 2.45. The van der Waals surface area contributed by atoms with Crippen molar-refractivity contribution in [3.63, 3.8) is 0 Å². The third-order valence-electron chi connectivity index (χ3n) is 6.49. The van der Waals surface area contributed by atoms with E-state index in [0.717, 1.165) is 24.8 Å². The SMILES string of the molecule is Cn1cnc2c(c(-c3cc(Cl)c(O)c(C(N)=O)c3)cn2CC(=O)NC2CCCc3ccncc32)c1=O. The van der Waals surface area contributed by atoms with Gasteiger partial charge in [-0.25, -0.2) is 4.98 Å². The number of primary amides is 1. The molecule has 0 radical (unpaired) electrons. The van der Waals surface area contributed by atoms with Crippen LogP contribution in [-0.4, -0.2) is 36.0 Å². The Balaban J connectivity index is 1.54. The first-order valence-electron chi connectivity index (χ1n) is 11.3. The fourth-order valence-corrected chi connectivity index (χ4v) is 4.94. The summed E-state index contributed by atoms with van der Waals surface area (Å²) in [7, 11) is 1.57. The van der Waals surface area contributed by atoms with Crippen LogP contribution in [-0.2, 0) is 24.8 Å². The molecule has 1 aliphatic carbocycles. The molecular formula is C25H23ClN6O4. The Labute approximate surface area is 210 Å². The molecule has 0 fully saturated rings. The number of fused-ring (bicyclic) bond motifs is 2. The zero-order chi connectivity index (χ0) is 25.6. The van der Waals surface area contributed by atoms with Crippen LogP contribution in [0.25, 0.3) is 22.2 Å². The molecule has 0 aliphatic heterocycles. The number of hydrogen-bond acceptors (Lipinski definition) is 6. The van der Waals surface area contributed by atoms with E-state index < -0.39 is 11.7 Å². The lowest BCUT2D eigenvalue weighted by atomic mass is 9.89. The first-order chi connectivity index (χ1) is 17.2. The molecule has 0 saturated heterocycles. The molecule has 0 bridgehead atoms. The average Bonchev–Trinajstić information content (AvgIpc) is 3.21. The van der Waals surface area contributed by atoms with Gasteiger partial charge in [-0.2, -0.15) is 0 Å². The molecule has 1 aliphatic rings. The summed E-state index contributed by atoms with van der Waals surface area (Å²) < 4.78 is 2.90. The van der Waals surface area contributed by atoms with Gasteiger partial charge in [0.05, 0.1) is 28.3 Å². The first-order valence-corrected chi connectivity index (χ1v) is 11.7. The molecule has 11 heteroatoms. The van der Waals surface area contributed by atoms with Crippen LogP contribution in [0.4, 0.5) is 0 Å². The lowest BCUT2D eigenvalue weighted by molar-refractivity contribution is -0.122.